The molecule has 0 saturated heterocycles. The summed E-state index contributed by atoms with van der Waals surface area (Å²) in [6.45, 7) is 12.4. The second kappa shape index (κ2) is 11.2. The molecule has 1 aliphatic rings. The van der Waals surface area contributed by atoms with Crippen LogP contribution in [0.4, 0.5) is 15.3 Å². The van der Waals surface area contributed by atoms with Gasteiger partial charge < -0.3 is 25.0 Å². The van der Waals surface area contributed by atoms with Crippen molar-refractivity contribution in [1.29, 1.82) is 0 Å². The van der Waals surface area contributed by atoms with Gasteiger partial charge >= 0.3 is 12.2 Å². The summed E-state index contributed by atoms with van der Waals surface area (Å²) < 4.78 is 10.7. The maximum absolute atomic E-state index is 12.8. The van der Waals surface area contributed by atoms with E-state index in [1.807, 2.05) is 71.9 Å². The summed E-state index contributed by atoms with van der Waals surface area (Å²) in [5.74, 6) is -0.183. The first-order valence-corrected chi connectivity index (χ1v) is 12.7. The predicted molar refractivity (Wildman–Crippen MR) is 142 cm³/mol. The van der Waals surface area contributed by atoms with Crippen molar-refractivity contribution in [3.05, 3.63) is 57.8 Å². The van der Waals surface area contributed by atoms with Crippen molar-refractivity contribution >= 4 is 40.7 Å². The molecule has 0 saturated carbocycles. The number of nitrogens with one attached hydrogen (secondary N) is 2. The zero-order valence-electron chi connectivity index (χ0n) is 21.8. The van der Waals surface area contributed by atoms with Gasteiger partial charge in [0, 0.05) is 30.2 Å². The highest BCUT2D eigenvalue weighted by Gasteiger charge is 2.24. The van der Waals surface area contributed by atoms with E-state index in [4.69, 9.17) is 9.47 Å². The highest BCUT2D eigenvalue weighted by Crippen LogP contribution is 2.30. The molecule has 2 aromatic rings. The van der Waals surface area contributed by atoms with Crippen LogP contribution in [-0.4, -0.2) is 47.3 Å². The van der Waals surface area contributed by atoms with Crippen LogP contribution in [-0.2, 0) is 16.0 Å². The summed E-state index contributed by atoms with van der Waals surface area (Å²) in [6, 6.07) is 11.0. The lowest BCUT2D eigenvalue weighted by Gasteiger charge is -2.29. The van der Waals surface area contributed by atoms with Gasteiger partial charge in [-0.15, -0.1) is 11.3 Å². The normalized spacial score (nSPS) is 14.1. The van der Waals surface area contributed by atoms with Crippen LogP contribution in [0.5, 0.6) is 0 Å². The highest BCUT2D eigenvalue weighted by atomic mass is 32.1. The van der Waals surface area contributed by atoms with Crippen molar-refractivity contribution in [2.75, 3.05) is 18.4 Å². The van der Waals surface area contributed by atoms with Crippen molar-refractivity contribution in [3.63, 3.8) is 0 Å². The van der Waals surface area contributed by atoms with Crippen LogP contribution >= 0.6 is 11.3 Å². The highest BCUT2D eigenvalue weighted by molar-refractivity contribution is 7.15. The van der Waals surface area contributed by atoms with Crippen LogP contribution in [0.15, 0.2) is 42.5 Å². The SMILES string of the molecule is CC(C)(C)OC(=O)NCc1ccc(NC(=O)c2ccc(C3=CCN(C(=O)OC(C)(C)C)CC3)s2)cc1. The Morgan fingerprint density at radius 3 is 2.19 bits per heavy atom. The number of amides is 3. The van der Waals surface area contributed by atoms with E-state index in [0.29, 0.717) is 36.6 Å². The molecule has 1 aromatic carbocycles. The second-order valence-corrected chi connectivity index (χ2v) is 11.7. The van der Waals surface area contributed by atoms with Gasteiger partial charge in [0.15, 0.2) is 0 Å². The fourth-order valence-corrected chi connectivity index (χ4v) is 4.37. The number of carbonyl (C=O) groups is 3. The molecule has 2 heterocycles. The third-order valence-corrected chi connectivity index (χ3v) is 6.21. The number of hydrogen-bond acceptors (Lipinski definition) is 6. The molecule has 0 atom stereocenters. The van der Waals surface area contributed by atoms with Gasteiger partial charge in [0.1, 0.15) is 11.2 Å². The first kappa shape index (κ1) is 27.3. The molecule has 0 fully saturated rings. The van der Waals surface area contributed by atoms with E-state index in [1.165, 1.54) is 11.3 Å². The van der Waals surface area contributed by atoms with E-state index >= 15 is 0 Å². The molecular formula is C27H35N3O5S. The lowest BCUT2D eigenvalue weighted by atomic mass is 10.1. The maximum Gasteiger partial charge on any atom is 0.410 e. The molecule has 1 aliphatic heterocycles. The van der Waals surface area contributed by atoms with E-state index in [0.717, 1.165) is 16.0 Å². The van der Waals surface area contributed by atoms with Gasteiger partial charge in [0.05, 0.1) is 4.88 Å². The Labute approximate surface area is 216 Å². The van der Waals surface area contributed by atoms with E-state index in [1.54, 1.807) is 17.0 Å². The van der Waals surface area contributed by atoms with Crippen LogP contribution in [0.2, 0.25) is 0 Å². The molecule has 0 aliphatic carbocycles. The number of thiophene rings is 1. The summed E-state index contributed by atoms with van der Waals surface area (Å²) >= 11 is 1.43. The molecule has 9 heteroatoms. The molecule has 1 aromatic heterocycles. The molecule has 0 unspecified atom stereocenters. The number of benzene rings is 1. The maximum atomic E-state index is 12.8. The smallest absolute Gasteiger partial charge is 0.410 e. The molecule has 194 valence electrons. The monoisotopic (exact) mass is 513 g/mol. The van der Waals surface area contributed by atoms with E-state index < -0.39 is 17.3 Å². The average Bonchev–Trinajstić information content (AvgIpc) is 3.27. The molecular weight excluding hydrogens is 478 g/mol. The molecule has 0 spiro atoms. The van der Waals surface area contributed by atoms with Gasteiger partial charge in [0.2, 0.25) is 0 Å². The number of rotatable bonds is 5. The van der Waals surface area contributed by atoms with Gasteiger partial charge in [-0.05, 0) is 83.4 Å². The Balaban J connectivity index is 1.52. The number of hydrogen-bond donors (Lipinski definition) is 2. The van der Waals surface area contributed by atoms with E-state index in [2.05, 4.69) is 10.6 Å². The third-order valence-electron chi connectivity index (χ3n) is 5.05. The Bertz CT molecular complexity index is 1120. The van der Waals surface area contributed by atoms with Crippen LogP contribution in [0.1, 0.15) is 68.1 Å². The molecule has 2 N–H and O–H groups in total. The number of ether oxygens (including phenoxy) is 2. The van der Waals surface area contributed by atoms with Gasteiger partial charge in [-0.25, -0.2) is 9.59 Å². The number of anilines is 1. The number of alkyl carbamates (subject to hydrolysis) is 1. The van der Waals surface area contributed by atoms with Crippen LogP contribution in [0, 0.1) is 0 Å². The van der Waals surface area contributed by atoms with E-state index in [-0.39, 0.29) is 12.0 Å². The quantitative estimate of drug-likeness (QED) is 0.507. The third kappa shape index (κ3) is 8.41. The summed E-state index contributed by atoms with van der Waals surface area (Å²) in [5, 5.41) is 5.63. The minimum absolute atomic E-state index is 0.183. The Hall–Kier alpha value is -3.33. The fourth-order valence-electron chi connectivity index (χ4n) is 3.40. The molecule has 3 amide bonds. The molecule has 0 bridgehead atoms. The standard InChI is InChI=1S/C27H35N3O5S/c1-26(2,3)34-24(32)28-17-18-7-9-20(10-8-18)29-23(31)22-12-11-21(36-22)19-13-15-30(16-14-19)25(33)35-27(4,5)6/h7-13H,14-17H2,1-6H3,(H,28,32)(H,29,31). The van der Waals surface area contributed by atoms with Gasteiger partial charge in [0.25, 0.3) is 5.91 Å². The summed E-state index contributed by atoms with van der Waals surface area (Å²) in [7, 11) is 0. The van der Waals surface area contributed by atoms with Crippen LogP contribution in [0.3, 0.4) is 0 Å². The molecule has 36 heavy (non-hydrogen) atoms. The minimum Gasteiger partial charge on any atom is -0.444 e. The minimum atomic E-state index is -0.548. The lowest BCUT2D eigenvalue weighted by Crippen LogP contribution is -2.39. The molecule has 3 rings (SSSR count). The zero-order valence-corrected chi connectivity index (χ0v) is 22.6. The second-order valence-electron chi connectivity index (χ2n) is 10.6. The first-order valence-electron chi connectivity index (χ1n) is 11.9. The summed E-state index contributed by atoms with van der Waals surface area (Å²) in [4.78, 5) is 40.1. The molecule has 0 radical (unpaired) electrons. The fraction of sp³-hybridized carbons (Fsp3) is 0.444. The van der Waals surface area contributed by atoms with Crippen molar-refractivity contribution in [2.45, 2.75) is 65.7 Å². The van der Waals surface area contributed by atoms with E-state index in [9.17, 15) is 14.4 Å². The van der Waals surface area contributed by atoms with Crippen molar-refractivity contribution < 1.29 is 23.9 Å². The van der Waals surface area contributed by atoms with Crippen molar-refractivity contribution in [3.8, 4) is 0 Å². The topological polar surface area (TPSA) is 97.0 Å². The van der Waals surface area contributed by atoms with Gasteiger partial charge in [-0.3, -0.25) is 4.79 Å². The largest absolute Gasteiger partial charge is 0.444 e. The molecule has 8 nitrogen and oxygen atoms in total. The number of nitrogens with zero attached hydrogens (tertiary/aromatic N) is 1. The summed E-state index contributed by atoms with van der Waals surface area (Å²) in [5.41, 5.74) is 1.62. The lowest BCUT2D eigenvalue weighted by molar-refractivity contribution is 0.0270. The zero-order chi connectivity index (χ0) is 26.5. The first-order chi connectivity index (χ1) is 16.8. The average molecular weight is 514 g/mol. The Kier molecular flexibility index (Phi) is 8.45. The Morgan fingerprint density at radius 2 is 1.61 bits per heavy atom. The van der Waals surface area contributed by atoms with Crippen LogP contribution < -0.4 is 10.6 Å². The van der Waals surface area contributed by atoms with Gasteiger partial charge in [-0.1, -0.05) is 18.2 Å². The van der Waals surface area contributed by atoms with Crippen molar-refractivity contribution in [2.24, 2.45) is 0 Å². The number of carbonyl (C=O) groups excluding carboxylic acids is 3. The predicted octanol–water partition coefficient (Wildman–Crippen LogP) is 6.05. The summed E-state index contributed by atoms with van der Waals surface area (Å²) in [6.07, 6.45) is 1.94. The Morgan fingerprint density at radius 1 is 0.944 bits per heavy atom. The van der Waals surface area contributed by atoms with Crippen molar-refractivity contribution in [1.82, 2.24) is 10.2 Å². The van der Waals surface area contributed by atoms with Crippen LogP contribution in [0.25, 0.3) is 5.57 Å². The van der Waals surface area contributed by atoms with Gasteiger partial charge in [-0.2, -0.15) is 0 Å².